The lowest BCUT2D eigenvalue weighted by molar-refractivity contribution is 1.36. The Morgan fingerprint density at radius 2 is 1.78 bits per heavy atom. The van der Waals surface area contributed by atoms with Crippen molar-refractivity contribution in [1.29, 1.82) is 5.26 Å². The Hall–Kier alpha value is -1.11. The standard InChI is InChI=1S/C15H11Br2N/c16-8-11-3-1-4-12(7-11)14-6-2-5-13(9-17)15(14)10-18/h1-7H,8-9H2. The highest BCUT2D eigenvalue weighted by Crippen LogP contribution is 2.28. The van der Waals surface area contributed by atoms with E-state index in [9.17, 15) is 5.26 Å². The van der Waals surface area contributed by atoms with Gasteiger partial charge < -0.3 is 0 Å². The zero-order valence-corrected chi connectivity index (χ0v) is 12.8. The second kappa shape index (κ2) is 6.17. The van der Waals surface area contributed by atoms with Crippen LogP contribution in [0.3, 0.4) is 0 Å². The Morgan fingerprint density at radius 1 is 1.00 bits per heavy atom. The summed E-state index contributed by atoms with van der Waals surface area (Å²) in [6, 6.07) is 16.5. The number of nitriles is 1. The van der Waals surface area contributed by atoms with Gasteiger partial charge in [0.1, 0.15) is 6.07 Å². The van der Waals surface area contributed by atoms with Gasteiger partial charge in [-0.15, -0.1) is 0 Å². The molecule has 2 rings (SSSR count). The van der Waals surface area contributed by atoms with Gasteiger partial charge in [0.25, 0.3) is 0 Å². The van der Waals surface area contributed by atoms with E-state index < -0.39 is 0 Å². The molecule has 0 saturated heterocycles. The van der Waals surface area contributed by atoms with Gasteiger partial charge >= 0.3 is 0 Å². The summed E-state index contributed by atoms with van der Waals surface area (Å²) in [5.74, 6) is 0. The molecule has 0 amide bonds. The molecular formula is C15H11Br2N. The van der Waals surface area contributed by atoms with E-state index in [1.807, 2.05) is 30.3 Å². The first-order valence-electron chi connectivity index (χ1n) is 5.53. The fourth-order valence-electron chi connectivity index (χ4n) is 1.91. The second-order valence-electron chi connectivity index (χ2n) is 3.92. The Morgan fingerprint density at radius 3 is 2.44 bits per heavy atom. The van der Waals surface area contributed by atoms with Crippen LogP contribution in [0.1, 0.15) is 16.7 Å². The molecule has 0 heterocycles. The summed E-state index contributed by atoms with van der Waals surface area (Å²) in [4.78, 5) is 0. The van der Waals surface area contributed by atoms with Crippen LogP contribution in [0.5, 0.6) is 0 Å². The quantitative estimate of drug-likeness (QED) is 0.702. The van der Waals surface area contributed by atoms with Crippen LogP contribution < -0.4 is 0 Å². The third kappa shape index (κ3) is 2.66. The summed E-state index contributed by atoms with van der Waals surface area (Å²) >= 11 is 6.88. The van der Waals surface area contributed by atoms with Crippen molar-refractivity contribution >= 4 is 31.9 Å². The summed E-state index contributed by atoms with van der Waals surface area (Å²) in [5.41, 5.74) is 5.07. The molecule has 0 radical (unpaired) electrons. The molecule has 0 aliphatic rings. The molecule has 0 aliphatic carbocycles. The fourth-order valence-corrected chi connectivity index (χ4v) is 2.72. The third-order valence-electron chi connectivity index (χ3n) is 2.80. The van der Waals surface area contributed by atoms with E-state index in [0.717, 1.165) is 27.6 Å². The summed E-state index contributed by atoms with van der Waals surface area (Å²) in [6.07, 6.45) is 0. The van der Waals surface area contributed by atoms with E-state index in [0.29, 0.717) is 5.33 Å². The van der Waals surface area contributed by atoms with Crippen molar-refractivity contribution in [3.63, 3.8) is 0 Å². The predicted octanol–water partition coefficient (Wildman–Crippen LogP) is 5.02. The Labute approximate surface area is 124 Å². The molecule has 1 nitrogen and oxygen atoms in total. The Bertz CT molecular complexity index is 600. The molecule has 2 aromatic carbocycles. The highest BCUT2D eigenvalue weighted by molar-refractivity contribution is 9.08. The van der Waals surface area contributed by atoms with Gasteiger partial charge in [-0.25, -0.2) is 0 Å². The van der Waals surface area contributed by atoms with E-state index in [1.165, 1.54) is 5.56 Å². The third-order valence-corrected chi connectivity index (χ3v) is 4.05. The highest BCUT2D eigenvalue weighted by atomic mass is 79.9. The molecule has 0 saturated carbocycles. The molecule has 18 heavy (non-hydrogen) atoms. The zero-order valence-electron chi connectivity index (χ0n) is 9.66. The summed E-state index contributed by atoms with van der Waals surface area (Å²) in [7, 11) is 0. The number of hydrogen-bond donors (Lipinski definition) is 0. The number of alkyl halides is 2. The van der Waals surface area contributed by atoms with Crippen molar-refractivity contribution in [2.75, 3.05) is 0 Å². The van der Waals surface area contributed by atoms with Gasteiger partial charge in [-0.2, -0.15) is 5.26 Å². The zero-order chi connectivity index (χ0) is 13.0. The minimum absolute atomic E-state index is 0.696. The molecule has 90 valence electrons. The maximum atomic E-state index is 9.34. The average molecular weight is 365 g/mol. The molecule has 0 fully saturated rings. The minimum atomic E-state index is 0.696. The van der Waals surface area contributed by atoms with Crippen LogP contribution in [-0.4, -0.2) is 0 Å². The van der Waals surface area contributed by atoms with Crippen LogP contribution in [0.25, 0.3) is 11.1 Å². The molecule has 0 N–H and O–H groups in total. The van der Waals surface area contributed by atoms with Gasteiger partial charge in [0.15, 0.2) is 0 Å². The van der Waals surface area contributed by atoms with Gasteiger partial charge in [0.05, 0.1) is 5.56 Å². The van der Waals surface area contributed by atoms with E-state index >= 15 is 0 Å². The van der Waals surface area contributed by atoms with Crippen molar-refractivity contribution in [3.05, 3.63) is 59.2 Å². The van der Waals surface area contributed by atoms with Crippen LogP contribution in [-0.2, 0) is 10.7 Å². The number of halogens is 2. The van der Waals surface area contributed by atoms with Crippen molar-refractivity contribution < 1.29 is 0 Å². The SMILES string of the molecule is N#Cc1c(CBr)cccc1-c1cccc(CBr)c1. The summed E-state index contributed by atoms with van der Waals surface area (Å²) in [5, 5.41) is 10.9. The van der Waals surface area contributed by atoms with Gasteiger partial charge in [0.2, 0.25) is 0 Å². The minimum Gasteiger partial charge on any atom is -0.192 e. The summed E-state index contributed by atoms with van der Waals surface area (Å²) < 4.78 is 0. The van der Waals surface area contributed by atoms with E-state index in [4.69, 9.17) is 0 Å². The molecular weight excluding hydrogens is 354 g/mol. The first-order valence-corrected chi connectivity index (χ1v) is 7.77. The number of benzene rings is 2. The Kier molecular flexibility index (Phi) is 4.57. The van der Waals surface area contributed by atoms with E-state index in [2.05, 4.69) is 50.1 Å². The lowest BCUT2D eigenvalue weighted by atomic mass is 9.96. The molecule has 0 aliphatic heterocycles. The molecule has 0 spiro atoms. The first-order chi connectivity index (χ1) is 8.80. The van der Waals surface area contributed by atoms with Gasteiger partial charge in [0, 0.05) is 10.7 Å². The molecule has 0 aromatic heterocycles. The fraction of sp³-hybridized carbons (Fsp3) is 0.133. The van der Waals surface area contributed by atoms with Crippen molar-refractivity contribution in [2.24, 2.45) is 0 Å². The van der Waals surface area contributed by atoms with Crippen LogP contribution in [0.15, 0.2) is 42.5 Å². The van der Waals surface area contributed by atoms with Crippen molar-refractivity contribution in [2.45, 2.75) is 10.7 Å². The van der Waals surface area contributed by atoms with Crippen LogP contribution >= 0.6 is 31.9 Å². The van der Waals surface area contributed by atoms with Crippen molar-refractivity contribution in [1.82, 2.24) is 0 Å². The number of rotatable bonds is 3. The second-order valence-corrected chi connectivity index (χ2v) is 5.04. The first kappa shape index (κ1) is 13.3. The summed E-state index contributed by atoms with van der Waals surface area (Å²) in [6.45, 7) is 0. The van der Waals surface area contributed by atoms with Crippen LogP contribution in [0, 0.1) is 11.3 Å². The maximum Gasteiger partial charge on any atom is 0.100 e. The van der Waals surface area contributed by atoms with Crippen molar-refractivity contribution in [3.8, 4) is 17.2 Å². The lowest BCUT2D eigenvalue weighted by Gasteiger charge is -2.08. The largest absolute Gasteiger partial charge is 0.192 e. The maximum absolute atomic E-state index is 9.34. The van der Waals surface area contributed by atoms with E-state index in [-0.39, 0.29) is 0 Å². The number of nitrogens with zero attached hydrogens (tertiary/aromatic N) is 1. The highest BCUT2D eigenvalue weighted by Gasteiger charge is 2.09. The topological polar surface area (TPSA) is 23.8 Å². The van der Waals surface area contributed by atoms with Gasteiger partial charge in [-0.05, 0) is 22.3 Å². The molecule has 0 atom stereocenters. The number of hydrogen-bond acceptors (Lipinski definition) is 1. The van der Waals surface area contributed by atoms with Gasteiger partial charge in [-0.3, -0.25) is 0 Å². The smallest absolute Gasteiger partial charge is 0.100 e. The molecule has 0 bridgehead atoms. The van der Waals surface area contributed by atoms with Crippen LogP contribution in [0.4, 0.5) is 0 Å². The lowest BCUT2D eigenvalue weighted by Crippen LogP contribution is -1.91. The normalized spacial score (nSPS) is 10.1. The Balaban J connectivity index is 2.60. The van der Waals surface area contributed by atoms with Crippen LogP contribution in [0.2, 0.25) is 0 Å². The van der Waals surface area contributed by atoms with E-state index in [1.54, 1.807) is 0 Å². The average Bonchev–Trinajstić information content (AvgIpc) is 2.46. The molecule has 0 unspecified atom stereocenters. The van der Waals surface area contributed by atoms with Gasteiger partial charge in [-0.1, -0.05) is 74.3 Å². The molecule has 3 heteroatoms. The predicted molar refractivity (Wildman–Crippen MR) is 81.9 cm³/mol. The molecule has 2 aromatic rings. The monoisotopic (exact) mass is 363 g/mol.